The minimum Gasteiger partial charge on any atom is -0.492 e. The smallest absolute Gasteiger partial charge is 0.191 e. The largest absolute Gasteiger partial charge is 0.492 e. The van der Waals surface area contributed by atoms with Gasteiger partial charge in [-0.25, -0.2) is 0 Å². The Morgan fingerprint density at radius 3 is 2.62 bits per heavy atom. The Morgan fingerprint density at radius 1 is 1.12 bits per heavy atom. The van der Waals surface area contributed by atoms with E-state index in [1.54, 1.807) is 20.2 Å². The van der Waals surface area contributed by atoms with Gasteiger partial charge in [-0.2, -0.15) is 0 Å². The Hall–Kier alpha value is -0.770. The van der Waals surface area contributed by atoms with Gasteiger partial charge in [-0.1, -0.05) is 17.7 Å². The number of guanidine groups is 1. The van der Waals surface area contributed by atoms with Crippen LogP contribution in [0.2, 0.25) is 5.02 Å². The average molecular weight is 472 g/mol. The predicted octanol–water partition coefficient (Wildman–Crippen LogP) is 2.55. The first-order valence-corrected chi connectivity index (χ1v) is 8.03. The Kier molecular flexibility index (Phi) is 15.2. The fraction of sp³-hybridized carbons (Fsp3) is 0.562. The van der Waals surface area contributed by atoms with Crippen molar-refractivity contribution in [3.8, 4) is 5.75 Å². The molecule has 1 aromatic carbocycles. The minimum atomic E-state index is 0. The number of hydrogen-bond donors (Lipinski definition) is 2. The lowest BCUT2D eigenvalue weighted by Crippen LogP contribution is -2.39. The van der Waals surface area contributed by atoms with Crippen molar-refractivity contribution in [3.63, 3.8) is 0 Å². The number of rotatable bonds is 11. The molecule has 2 N–H and O–H groups in total. The van der Waals surface area contributed by atoms with Gasteiger partial charge in [-0.15, -0.1) is 24.0 Å². The molecule has 8 heteroatoms. The molecule has 0 saturated heterocycles. The molecule has 24 heavy (non-hydrogen) atoms. The van der Waals surface area contributed by atoms with Gasteiger partial charge in [0.25, 0.3) is 0 Å². The Morgan fingerprint density at radius 2 is 1.92 bits per heavy atom. The maximum absolute atomic E-state index is 5.90. The molecule has 138 valence electrons. The summed E-state index contributed by atoms with van der Waals surface area (Å²) in [7, 11) is 3.40. The normalized spacial score (nSPS) is 10.9. The highest BCUT2D eigenvalue weighted by atomic mass is 127. The van der Waals surface area contributed by atoms with Gasteiger partial charge >= 0.3 is 0 Å². The lowest BCUT2D eigenvalue weighted by molar-refractivity contribution is 0.0698. The monoisotopic (exact) mass is 471 g/mol. The molecule has 0 spiro atoms. The molecule has 0 aliphatic heterocycles. The van der Waals surface area contributed by atoms with Crippen LogP contribution >= 0.6 is 35.6 Å². The molecule has 0 atom stereocenters. The van der Waals surface area contributed by atoms with Crippen molar-refractivity contribution in [1.82, 2.24) is 10.6 Å². The van der Waals surface area contributed by atoms with Gasteiger partial charge < -0.3 is 24.8 Å². The average Bonchev–Trinajstić information content (AvgIpc) is 2.56. The summed E-state index contributed by atoms with van der Waals surface area (Å²) in [5, 5.41) is 7.07. The van der Waals surface area contributed by atoms with Crippen molar-refractivity contribution < 1.29 is 14.2 Å². The van der Waals surface area contributed by atoms with Gasteiger partial charge in [-0.3, -0.25) is 4.99 Å². The topological polar surface area (TPSA) is 64.1 Å². The van der Waals surface area contributed by atoms with Gasteiger partial charge in [0.05, 0.1) is 19.8 Å². The number of benzene rings is 1. The van der Waals surface area contributed by atoms with Crippen molar-refractivity contribution in [2.45, 2.75) is 6.42 Å². The molecule has 6 nitrogen and oxygen atoms in total. The SMILES string of the molecule is CN=C(NCCCOCCOC)NCCOc1cccc(Cl)c1.I. The zero-order valence-corrected chi connectivity index (χ0v) is 17.3. The molecule has 0 unspecified atom stereocenters. The van der Waals surface area contributed by atoms with Gasteiger partial charge in [0.15, 0.2) is 5.96 Å². The van der Waals surface area contributed by atoms with Crippen LogP contribution in [-0.4, -0.2) is 59.6 Å². The number of nitrogens with zero attached hydrogens (tertiary/aromatic N) is 1. The first-order chi connectivity index (χ1) is 11.3. The van der Waals surface area contributed by atoms with Crippen LogP contribution in [0.25, 0.3) is 0 Å². The third kappa shape index (κ3) is 11.7. The maximum atomic E-state index is 5.90. The molecule has 1 rings (SSSR count). The van der Waals surface area contributed by atoms with Gasteiger partial charge in [0.2, 0.25) is 0 Å². The van der Waals surface area contributed by atoms with Crippen LogP contribution in [0.1, 0.15) is 6.42 Å². The number of methoxy groups -OCH3 is 1. The second-order valence-electron chi connectivity index (χ2n) is 4.69. The van der Waals surface area contributed by atoms with E-state index < -0.39 is 0 Å². The molecule has 0 radical (unpaired) electrons. The van der Waals surface area contributed by atoms with Gasteiger partial charge in [0, 0.05) is 32.3 Å². The van der Waals surface area contributed by atoms with Crippen molar-refractivity contribution >= 4 is 41.5 Å². The number of nitrogens with one attached hydrogen (secondary N) is 2. The van der Waals surface area contributed by atoms with Crippen molar-refractivity contribution in [2.75, 3.05) is 53.7 Å². The van der Waals surface area contributed by atoms with E-state index >= 15 is 0 Å². The summed E-state index contributed by atoms with van der Waals surface area (Å²) in [6.45, 7) is 3.93. The quantitative estimate of drug-likeness (QED) is 0.225. The summed E-state index contributed by atoms with van der Waals surface area (Å²) in [4.78, 5) is 4.15. The van der Waals surface area contributed by atoms with E-state index in [4.69, 9.17) is 25.8 Å². The number of ether oxygens (including phenoxy) is 3. The molecule has 1 aromatic rings. The number of halogens is 2. The number of aliphatic imine (C=N–C) groups is 1. The maximum Gasteiger partial charge on any atom is 0.191 e. The van der Waals surface area contributed by atoms with E-state index in [0.29, 0.717) is 38.0 Å². The second kappa shape index (κ2) is 15.7. The highest BCUT2D eigenvalue weighted by molar-refractivity contribution is 14.0. The van der Waals surface area contributed by atoms with E-state index in [2.05, 4.69) is 15.6 Å². The van der Waals surface area contributed by atoms with Crippen molar-refractivity contribution in [2.24, 2.45) is 4.99 Å². The zero-order valence-electron chi connectivity index (χ0n) is 14.2. The molecule has 0 aliphatic rings. The zero-order chi connectivity index (χ0) is 16.8. The summed E-state index contributed by atoms with van der Waals surface area (Å²) in [5.74, 6) is 1.51. The summed E-state index contributed by atoms with van der Waals surface area (Å²) < 4.78 is 15.9. The molecule has 0 saturated carbocycles. The summed E-state index contributed by atoms with van der Waals surface area (Å²) in [6.07, 6.45) is 0.906. The summed E-state index contributed by atoms with van der Waals surface area (Å²) in [5.41, 5.74) is 0. The molecule has 0 heterocycles. The predicted molar refractivity (Wildman–Crippen MR) is 109 cm³/mol. The third-order valence-electron chi connectivity index (χ3n) is 2.87. The van der Waals surface area contributed by atoms with Gasteiger partial charge in [0.1, 0.15) is 12.4 Å². The van der Waals surface area contributed by atoms with E-state index in [9.17, 15) is 0 Å². The standard InChI is InChI=1S/C16H26ClN3O3.HI/c1-18-16(19-7-4-9-22-12-11-21-2)20-8-10-23-15-6-3-5-14(17)13-15;/h3,5-6,13H,4,7-12H2,1-2H3,(H2,18,19,20);1H. The Balaban J connectivity index is 0.00000529. The van der Waals surface area contributed by atoms with Crippen LogP contribution in [0, 0.1) is 0 Å². The molecule has 0 fully saturated rings. The minimum absolute atomic E-state index is 0. The van der Waals surface area contributed by atoms with Crippen molar-refractivity contribution in [1.29, 1.82) is 0 Å². The van der Waals surface area contributed by atoms with E-state index in [1.165, 1.54) is 0 Å². The second-order valence-corrected chi connectivity index (χ2v) is 5.13. The van der Waals surface area contributed by atoms with Crippen LogP contribution in [0.15, 0.2) is 29.3 Å². The molecule has 0 bridgehead atoms. The molecule has 0 amide bonds. The third-order valence-corrected chi connectivity index (χ3v) is 3.11. The highest BCUT2D eigenvalue weighted by Gasteiger charge is 1.98. The summed E-state index contributed by atoms with van der Waals surface area (Å²) in [6, 6.07) is 7.35. The summed E-state index contributed by atoms with van der Waals surface area (Å²) >= 11 is 5.90. The first-order valence-electron chi connectivity index (χ1n) is 7.66. The highest BCUT2D eigenvalue weighted by Crippen LogP contribution is 2.16. The van der Waals surface area contributed by atoms with Crippen LogP contribution < -0.4 is 15.4 Å². The fourth-order valence-electron chi connectivity index (χ4n) is 1.74. The Labute approximate surface area is 166 Å². The van der Waals surface area contributed by atoms with E-state index in [1.807, 2.05) is 18.2 Å². The fourth-order valence-corrected chi connectivity index (χ4v) is 1.92. The first kappa shape index (κ1) is 23.2. The molecular weight excluding hydrogens is 445 g/mol. The van der Waals surface area contributed by atoms with Crippen LogP contribution in [0.3, 0.4) is 0 Å². The van der Waals surface area contributed by atoms with Crippen LogP contribution in [-0.2, 0) is 9.47 Å². The molecular formula is C16H27ClIN3O3. The number of hydrogen-bond acceptors (Lipinski definition) is 4. The van der Waals surface area contributed by atoms with Gasteiger partial charge in [-0.05, 0) is 24.6 Å². The lowest BCUT2D eigenvalue weighted by Gasteiger charge is -2.12. The van der Waals surface area contributed by atoms with E-state index in [0.717, 1.165) is 24.7 Å². The molecule has 0 aromatic heterocycles. The van der Waals surface area contributed by atoms with Crippen LogP contribution in [0.4, 0.5) is 0 Å². The molecule has 0 aliphatic carbocycles. The Bertz CT molecular complexity index is 464. The lowest BCUT2D eigenvalue weighted by atomic mass is 10.3. The van der Waals surface area contributed by atoms with E-state index in [-0.39, 0.29) is 24.0 Å². The van der Waals surface area contributed by atoms with Crippen LogP contribution in [0.5, 0.6) is 5.75 Å². The van der Waals surface area contributed by atoms with Crippen molar-refractivity contribution in [3.05, 3.63) is 29.3 Å².